The number of rotatable bonds is 6. The van der Waals surface area contributed by atoms with Gasteiger partial charge in [0.25, 0.3) is 5.91 Å². The average molecular weight is 316 g/mol. The van der Waals surface area contributed by atoms with E-state index in [0.717, 1.165) is 5.56 Å². The van der Waals surface area contributed by atoms with Crippen molar-refractivity contribution in [3.05, 3.63) is 65.5 Å². The zero-order valence-corrected chi connectivity index (χ0v) is 12.9. The molecular weight excluding hydrogens is 299 g/mol. The molecule has 0 aliphatic rings. The van der Waals surface area contributed by atoms with Gasteiger partial charge in [-0.3, -0.25) is 4.79 Å². The van der Waals surface area contributed by atoms with Gasteiger partial charge in [0.1, 0.15) is 25.3 Å². The molecule has 0 radical (unpaired) electrons. The molecule has 2 aromatic rings. The monoisotopic (exact) mass is 316 g/mol. The van der Waals surface area contributed by atoms with Crippen LogP contribution in [0.4, 0.5) is 4.39 Å². The number of nitrogens with zero attached hydrogens (tertiary/aromatic N) is 1. The Bertz CT molecular complexity index is 716. The molecule has 0 aliphatic heterocycles. The number of oxime groups is 1. The molecular formula is C17H17FN2O3. The molecule has 0 unspecified atom stereocenters. The minimum absolute atomic E-state index is 0.147. The summed E-state index contributed by atoms with van der Waals surface area (Å²) in [7, 11) is 2.88. The quantitative estimate of drug-likeness (QED) is 0.658. The maximum Gasteiger partial charge on any atom is 0.273 e. The van der Waals surface area contributed by atoms with E-state index < -0.39 is 0 Å². The Morgan fingerprint density at radius 3 is 2.70 bits per heavy atom. The lowest BCUT2D eigenvalue weighted by atomic mass is 10.0. The Labute approximate surface area is 133 Å². The Morgan fingerprint density at radius 1 is 1.22 bits per heavy atom. The zero-order valence-electron chi connectivity index (χ0n) is 12.9. The van der Waals surface area contributed by atoms with Crippen molar-refractivity contribution in [3.8, 4) is 5.75 Å². The molecule has 0 saturated carbocycles. The van der Waals surface area contributed by atoms with Crippen molar-refractivity contribution in [3.63, 3.8) is 0 Å². The normalized spacial score (nSPS) is 11.0. The van der Waals surface area contributed by atoms with Gasteiger partial charge in [0.15, 0.2) is 5.71 Å². The van der Waals surface area contributed by atoms with E-state index in [1.807, 2.05) is 12.1 Å². The van der Waals surface area contributed by atoms with Crippen molar-refractivity contribution >= 4 is 11.6 Å². The third-order valence-corrected chi connectivity index (χ3v) is 3.09. The topological polar surface area (TPSA) is 59.9 Å². The number of benzene rings is 2. The summed E-state index contributed by atoms with van der Waals surface area (Å²) in [5, 5.41) is 6.30. The van der Waals surface area contributed by atoms with Crippen LogP contribution >= 0.6 is 0 Å². The fourth-order valence-corrected chi connectivity index (χ4v) is 2.02. The Kier molecular flexibility index (Phi) is 5.68. The van der Waals surface area contributed by atoms with Crippen molar-refractivity contribution in [2.75, 3.05) is 14.2 Å². The maximum atomic E-state index is 13.2. The standard InChI is InChI=1S/C17H17FN2O3/c1-19-17(21)16(20-22-2)15-9-4-3-6-12(15)11-23-14-8-5-7-13(18)10-14/h3-10H,11H2,1-2H3,(H,19,21)/b20-16-. The third-order valence-electron chi connectivity index (χ3n) is 3.09. The second-order valence-electron chi connectivity index (χ2n) is 4.60. The highest BCUT2D eigenvalue weighted by Gasteiger charge is 2.17. The molecule has 0 heterocycles. The van der Waals surface area contributed by atoms with Crippen LogP contribution in [0.3, 0.4) is 0 Å². The highest BCUT2D eigenvalue weighted by Crippen LogP contribution is 2.17. The van der Waals surface area contributed by atoms with Gasteiger partial charge < -0.3 is 14.9 Å². The molecule has 0 atom stereocenters. The van der Waals surface area contributed by atoms with Crippen LogP contribution in [0.1, 0.15) is 11.1 Å². The lowest BCUT2D eigenvalue weighted by molar-refractivity contribution is -0.114. The molecule has 2 rings (SSSR count). The summed E-state index contributed by atoms with van der Waals surface area (Å²) in [6.07, 6.45) is 0. The molecule has 0 spiro atoms. The van der Waals surface area contributed by atoms with Crippen molar-refractivity contribution in [2.24, 2.45) is 5.16 Å². The summed E-state index contributed by atoms with van der Waals surface area (Å²) < 4.78 is 18.8. The first-order chi connectivity index (χ1) is 11.2. The van der Waals surface area contributed by atoms with E-state index in [4.69, 9.17) is 9.57 Å². The molecule has 23 heavy (non-hydrogen) atoms. The highest BCUT2D eigenvalue weighted by atomic mass is 19.1. The van der Waals surface area contributed by atoms with E-state index >= 15 is 0 Å². The molecule has 0 fully saturated rings. The zero-order chi connectivity index (χ0) is 16.7. The van der Waals surface area contributed by atoms with Crippen LogP contribution in [0.25, 0.3) is 0 Å². The summed E-state index contributed by atoms with van der Waals surface area (Å²) in [6, 6.07) is 13.0. The van der Waals surface area contributed by atoms with E-state index in [1.54, 1.807) is 24.3 Å². The molecule has 1 N–H and O–H groups in total. The molecule has 0 aromatic heterocycles. The predicted molar refractivity (Wildman–Crippen MR) is 84.8 cm³/mol. The first-order valence-electron chi connectivity index (χ1n) is 6.95. The second-order valence-corrected chi connectivity index (χ2v) is 4.60. The minimum Gasteiger partial charge on any atom is -0.489 e. The van der Waals surface area contributed by atoms with Crippen molar-refractivity contribution in [1.82, 2.24) is 5.32 Å². The van der Waals surface area contributed by atoms with Crippen LogP contribution in [0.2, 0.25) is 0 Å². The summed E-state index contributed by atoms with van der Waals surface area (Å²) in [5.41, 5.74) is 1.47. The first-order valence-corrected chi connectivity index (χ1v) is 6.95. The smallest absolute Gasteiger partial charge is 0.273 e. The Morgan fingerprint density at radius 2 is 2.00 bits per heavy atom. The highest BCUT2D eigenvalue weighted by molar-refractivity contribution is 6.45. The molecule has 120 valence electrons. The number of hydrogen-bond acceptors (Lipinski definition) is 4. The molecule has 0 aliphatic carbocycles. The number of likely N-dealkylation sites (N-methyl/N-ethyl adjacent to an activating group) is 1. The summed E-state index contributed by atoms with van der Waals surface area (Å²) in [4.78, 5) is 16.7. The van der Waals surface area contributed by atoms with Crippen molar-refractivity contribution in [1.29, 1.82) is 0 Å². The van der Waals surface area contributed by atoms with E-state index in [0.29, 0.717) is 11.3 Å². The SMILES string of the molecule is CNC(=O)/C(=N\OC)c1ccccc1COc1cccc(F)c1. The molecule has 6 heteroatoms. The molecule has 0 bridgehead atoms. The molecule has 2 aromatic carbocycles. The van der Waals surface area contributed by atoms with Gasteiger partial charge in [0.05, 0.1) is 0 Å². The van der Waals surface area contributed by atoms with Gasteiger partial charge >= 0.3 is 0 Å². The lowest BCUT2D eigenvalue weighted by Gasteiger charge is -2.12. The predicted octanol–water partition coefficient (Wildman–Crippen LogP) is 2.50. The van der Waals surface area contributed by atoms with Gasteiger partial charge in [-0.15, -0.1) is 0 Å². The van der Waals surface area contributed by atoms with E-state index in [-0.39, 0.29) is 24.0 Å². The summed E-state index contributed by atoms with van der Waals surface area (Å²) in [5.74, 6) is -0.335. The second kappa shape index (κ2) is 7.93. The molecule has 5 nitrogen and oxygen atoms in total. The van der Waals surface area contributed by atoms with E-state index in [9.17, 15) is 9.18 Å². The van der Waals surface area contributed by atoms with Crippen LogP contribution < -0.4 is 10.1 Å². The number of carbonyl (C=O) groups is 1. The van der Waals surface area contributed by atoms with Crippen molar-refractivity contribution < 1.29 is 18.8 Å². The van der Waals surface area contributed by atoms with Crippen LogP contribution in [-0.4, -0.2) is 25.8 Å². The van der Waals surface area contributed by atoms with Crippen LogP contribution in [0.5, 0.6) is 5.75 Å². The minimum atomic E-state index is -0.372. The number of carbonyl (C=O) groups excluding carboxylic acids is 1. The summed E-state index contributed by atoms with van der Waals surface area (Å²) in [6.45, 7) is 0.166. The Hall–Kier alpha value is -2.89. The fraction of sp³-hybridized carbons (Fsp3) is 0.176. The Balaban J connectivity index is 2.26. The van der Waals surface area contributed by atoms with Gasteiger partial charge in [0.2, 0.25) is 0 Å². The number of hydrogen-bond donors (Lipinski definition) is 1. The third kappa shape index (κ3) is 4.29. The summed E-state index contributed by atoms with van der Waals surface area (Å²) >= 11 is 0. The van der Waals surface area contributed by atoms with Gasteiger partial charge in [0, 0.05) is 18.7 Å². The van der Waals surface area contributed by atoms with E-state index in [2.05, 4.69) is 10.5 Å². The largest absolute Gasteiger partial charge is 0.489 e. The number of nitrogens with one attached hydrogen (secondary N) is 1. The average Bonchev–Trinajstić information content (AvgIpc) is 2.58. The van der Waals surface area contributed by atoms with E-state index in [1.165, 1.54) is 26.3 Å². The van der Waals surface area contributed by atoms with Crippen LogP contribution in [0.15, 0.2) is 53.7 Å². The lowest BCUT2D eigenvalue weighted by Crippen LogP contribution is -2.29. The first kappa shape index (κ1) is 16.5. The number of amides is 1. The van der Waals surface area contributed by atoms with Gasteiger partial charge in [-0.1, -0.05) is 35.5 Å². The fourth-order valence-electron chi connectivity index (χ4n) is 2.02. The van der Waals surface area contributed by atoms with Gasteiger partial charge in [-0.05, 0) is 17.7 Å². The van der Waals surface area contributed by atoms with Gasteiger partial charge in [-0.25, -0.2) is 4.39 Å². The van der Waals surface area contributed by atoms with Crippen molar-refractivity contribution in [2.45, 2.75) is 6.61 Å². The van der Waals surface area contributed by atoms with Crippen LogP contribution in [0, 0.1) is 5.82 Å². The number of halogens is 1. The molecule has 1 amide bonds. The molecule has 0 saturated heterocycles. The van der Waals surface area contributed by atoms with Crippen LogP contribution in [-0.2, 0) is 16.2 Å². The van der Waals surface area contributed by atoms with Gasteiger partial charge in [-0.2, -0.15) is 0 Å². The maximum absolute atomic E-state index is 13.2. The number of ether oxygens (including phenoxy) is 1.